The van der Waals surface area contributed by atoms with Crippen LogP contribution in [0.25, 0.3) is 0 Å². The van der Waals surface area contributed by atoms with E-state index in [0.29, 0.717) is 13.1 Å². The molecule has 0 atom stereocenters. The lowest BCUT2D eigenvalue weighted by Gasteiger charge is -2.34. The molecular weight excluding hydrogens is 199 g/mol. The molecule has 0 fully saturated rings. The Morgan fingerprint density at radius 2 is 2.08 bits per heavy atom. The van der Waals surface area contributed by atoms with Crippen molar-refractivity contribution in [2.45, 2.75) is 6.42 Å². The molecule has 0 spiro atoms. The summed E-state index contributed by atoms with van der Waals surface area (Å²) in [5.74, 6) is 0. The van der Waals surface area contributed by atoms with Gasteiger partial charge in [0.2, 0.25) is 0 Å². The fourth-order valence-corrected chi connectivity index (χ4v) is 1.12. The Hall–Kier alpha value is 0.450. The van der Waals surface area contributed by atoms with Gasteiger partial charge in [-0.15, -0.1) is 11.8 Å². The highest BCUT2D eigenvalue weighted by Crippen LogP contribution is 2.23. The second-order valence-corrected chi connectivity index (χ2v) is 4.67. The molecule has 7 heteroatoms. The van der Waals surface area contributed by atoms with E-state index in [9.17, 15) is 9.79 Å². The molecule has 0 saturated heterocycles. The molecule has 3 N–H and O–H groups in total. The van der Waals surface area contributed by atoms with Crippen LogP contribution in [0.2, 0.25) is 0 Å². The first-order valence-electron chi connectivity index (χ1n) is 3.63. The van der Waals surface area contributed by atoms with Crippen LogP contribution in [0.15, 0.2) is 0 Å². The Labute approximate surface area is 77.2 Å². The standard InChI is InChI=1S/C5H15N2O3PS/c6-2-1-3-7-4-5-10-11(8,9)12/h7H,1-6H2,(H2,8,9,12)/p-2. The Bertz CT molecular complexity index is 152. The summed E-state index contributed by atoms with van der Waals surface area (Å²) in [6, 6.07) is 0. The molecule has 5 nitrogen and oxygen atoms in total. The zero-order valence-corrected chi connectivity index (χ0v) is 8.40. The molecule has 0 radical (unpaired) electrons. The van der Waals surface area contributed by atoms with E-state index in [-0.39, 0.29) is 6.61 Å². The van der Waals surface area contributed by atoms with Gasteiger partial charge in [-0.3, -0.25) is 0 Å². The summed E-state index contributed by atoms with van der Waals surface area (Å²) >= 11 is 4.02. The average Bonchev–Trinajstić information content (AvgIpc) is 1.94. The van der Waals surface area contributed by atoms with Crippen molar-refractivity contribution in [3.63, 3.8) is 0 Å². The molecule has 74 valence electrons. The van der Waals surface area contributed by atoms with Crippen molar-refractivity contribution in [2.24, 2.45) is 5.73 Å². The van der Waals surface area contributed by atoms with Gasteiger partial charge in [-0.25, -0.2) is 0 Å². The van der Waals surface area contributed by atoms with Crippen molar-refractivity contribution >= 4 is 18.5 Å². The second kappa shape index (κ2) is 6.91. The lowest BCUT2D eigenvalue weighted by Crippen LogP contribution is -2.25. The molecule has 0 aliphatic carbocycles. The molecule has 12 heavy (non-hydrogen) atoms. The first-order chi connectivity index (χ1) is 5.56. The number of nitrogens with one attached hydrogen (secondary N) is 1. The fourth-order valence-electron chi connectivity index (χ4n) is 0.582. The molecule has 0 bridgehead atoms. The Morgan fingerprint density at radius 1 is 1.42 bits per heavy atom. The van der Waals surface area contributed by atoms with Crippen LogP contribution in [0.4, 0.5) is 0 Å². The number of hydrogen-bond donors (Lipinski definition) is 2. The summed E-state index contributed by atoms with van der Waals surface area (Å²) in [6.07, 6.45) is 0.864. The summed E-state index contributed by atoms with van der Waals surface area (Å²) in [6.45, 7) is -2.00. The predicted molar refractivity (Wildman–Crippen MR) is 46.8 cm³/mol. The minimum Gasteiger partial charge on any atom is -0.812 e. The van der Waals surface area contributed by atoms with Gasteiger partial charge in [0.25, 0.3) is 0 Å². The summed E-state index contributed by atoms with van der Waals surface area (Å²) in [7, 11) is 0. The number of hydrogen-bond acceptors (Lipinski definition) is 6. The minimum absolute atomic E-state index is 0.0921. The predicted octanol–water partition coefficient (Wildman–Crippen LogP) is -2.11. The first kappa shape index (κ1) is 12.4. The highest BCUT2D eigenvalue weighted by Gasteiger charge is 1.88. The van der Waals surface area contributed by atoms with E-state index in [0.717, 1.165) is 13.0 Å². The Morgan fingerprint density at radius 3 is 2.58 bits per heavy atom. The lowest BCUT2D eigenvalue weighted by molar-refractivity contribution is -0.321. The maximum absolute atomic E-state index is 10.3. The monoisotopic (exact) mass is 212 g/mol. The van der Waals surface area contributed by atoms with E-state index < -0.39 is 6.72 Å². The summed E-state index contributed by atoms with van der Waals surface area (Å²) in [5, 5.41) is 2.95. The lowest BCUT2D eigenvalue weighted by atomic mass is 10.4. The second-order valence-electron chi connectivity index (χ2n) is 2.17. The third-order valence-electron chi connectivity index (χ3n) is 1.09. The van der Waals surface area contributed by atoms with Gasteiger partial charge < -0.3 is 25.4 Å². The van der Waals surface area contributed by atoms with Crippen LogP contribution >= 0.6 is 6.72 Å². The smallest absolute Gasteiger partial charge is 0.0611 e. The topological polar surface area (TPSA) is 93.4 Å². The van der Waals surface area contributed by atoms with E-state index in [4.69, 9.17) is 5.73 Å². The molecule has 0 aromatic heterocycles. The van der Waals surface area contributed by atoms with Crippen LogP contribution in [-0.4, -0.2) is 26.2 Å². The van der Waals surface area contributed by atoms with Crippen LogP contribution in [0, 0.1) is 0 Å². The van der Waals surface area contributed by atoms with Gasteiger partial charge in [0.15, 0.2) is 0 Å². The highest BCUT2D eigenvalue weighted by atomic mass is 32.5. The van der Waals surface area contributed by atoms with E-state index >= 15 is 0 Å². The van der Waals surface area contributed by atoms with Crippen LogP contribution in [0.5, 0.6) is 0 Å². The first-order valence-corrected chi connectivity index (χ1v) is 6.19. The van der Waals surface area contributed by atoms with Crippen molar-refractivity contribution in [3.8, 4) is 0 Å². The van der Waals surface area contributed by atoms with Gasteiger partial charge in [0, 0.05) is 6.54 Å². The summed E-state index contributed by atoms with van der Waals surface area (Å²) in [5.41, 5.74) is 5.23. The van der Waals surface area contributed by atoms with Gasteiger partial charge in [0.05, 0.1) is 6.61 Å². The van der Waals surface area contributed by atoms with Crippen molar-refractivity contribution in [3.05, 3.63) is 0 Å². The van der Waals surface area contributed by atoms with E-state index in [1.165, 1.54) is 0 Å². The van der Waals surface area contributed by atoms with Gasteiger partial charge >= 0.3 is 0 Å². The van der Waals surface area contributed by atoms with Gasteiger partial charge in [-0.05, 0) is 19.5 Å². The van der Waals surface area contributed by atoms with Crippen molar-refractivity contribution < 1.29 is 14.3 Å². The minimum atomic E-state index is -3.95. The molecule has 0 rings (SSSR count). The number of rotatable bonds is 7. The molecule has 0 aromatic carbocycles. The fraction of sp³-hybridized carbons (Fsp3) is 1.00. The molecule has 0 aliphatic heterocycles. The van der Waals surface area contributed by atoms with Crippen LogP contribution in [0.3, 0.4) is 0 Å². The number of nitrogens with two attached hydrogens (primary N) is 1. The highest BCUT2D eigenvalue weighted by molar-refractivity contribution is 8.05. The van der Waals surface area contributed by atoms with Gasteiger partial charge in [-0.1, -0.05) is 6.72 Å². The van der Waals surface area contributed by atoms with Gasteiger partial charge in [-0.2, -0.15) is 0 Å². The normalized spacial score (nSPS) is 11.9. The van der Waals surface area contributed by atoms with E-state index in [2.05, 4.69) is 21.6 Å². The van der Waals surface area contributed by atoms with E-state index in [1.807, 2.05) is 0 Å². The molecule has 0 aromatic rings. The van der Waals surface area contributed by atoms with Gasteiger partial charge in [0.1, 0.15) is 0 Å². The van der Waals surface area contributed by atoms with Crippen LogP contribution < -0.4 is 20.8 Å². The summed E-state index contributed by atoms with van der Waals surface area (Å²) in [4.78, 5) is 20.6. The van der Waals surface area contributed by atoms with E-state index in [1.54, 1.807) is 0 Å². The molecular formula is C5H13N2O3PS-2. The zero-order valence-electron chi connectivity index (χ0n) is 6.69. The molecule has 0 amide bonds. The maximum Gasteiger partial charge on any atom is 0.0611 e. The molecule has 0 saturated carbocycles. The van der Waals surface area contributed by atoms with Crippen molar-refractivity contribution in [1.82, 2.24) is 5.32 Å². The largest absolute Gasteiger partial charge is 0.812 e. The molecule has 0 aliphatic rings. The van der Waals surface area contributed by atoms with Crippen molar-refractivity contribution in [2.75, 3.05) is 26.2 Å². The third kappa shape index (κ3) is 10.4. The molecule has 0 heterocycles. The Kier molecular flexibility index (Phi) is 7.17. The average molecular weight is 212 g/mol. The maximum atomic E-state index is 10.3. The Balaban J connectivity index is 3.06. The zero-order chi connectivity index (χ0) is 9.45. The van der Waals surface area contributed by atoms with Crippen LogP contribution in [-0.2, 0) is 16.3 Å². The van der Waals surface area contributed by atoms with Crippen LogP contribution in [0.1, 0.15) is 6.42 Å². The summed E-state index contributed by atoms with van der Waals surface area (Å²) < 4.78 is 4.33. The molecule has 0 unspecified atom stereocenters. The third-order valence-corrected chi connectivity index (χ3v) is 1.90. The van der Waals surface area contributed by atoms with Crippen molar-refractivity contribution in [1.29, 1.82) is 0 Å². The quantitative estimate of drug-likeness (QED) is 0.370. The SMILES string of the molecule is NCCCNCCOP([O-])([O-])=S.